The van der Waals surface area contributed by atoms with E-state index in [1.165, 1.54) is 6.07 Å². The average Bonchev–Trinajstić information content (AvgIpc) is 2.48. The molecule has 108 valence electrons. The molecule has 0 spiro atoms. The molecule has 0 saturated carbocycles. The molecule has 0 amide bonds. The number of anilines is 1. The first-order chi connectivity index (χ1) is 10.0. The summed E-state index contributed by atoms with van der Waals surface area (Å²) in [6.45, 7) is 3.74. The van der Waals surface area contributed by atoms with Crippen molar-refractivity contribution in [3.8, 4) is 6.07 Å². The minimum Gasteiger partial charge on any atom is -0.378 e. The van der Waals surface area contributed by atoms with Crippen molar-refractivity contribution in [3.05, 3.63) is 63.9 Å². The lowest BCUT2D eigenvalue weighted by Gasteiger charge is -2.21. The lowest BCUT2D eigenvalue weighted by molar-refractivity contribution is 0.617. The van der Waals surface area contributed by atoms with Crippen molar-refractivity contribution in [2.75, 3.05) is 5.32 Å². The third-order valence-electron chi connectivity index (χ3n) is 3.46. The Labute approximate surface area is 129 Å². The molecule has 1 atom stereocenters. The predicted octanol–water partition coefficient (Wildman–Crippen LogP) is 5.22. The molecule has 2 rings (SSSR count). The molecule has 0 aromatic heterocycles. The van der Waals surface area contributed by atoms with E-state index in [2.05, 4.69) is 5.32 Å². The number of nitriles is 1. The number of hydrogen-bond acceptors (Lipinski definition) is 2. The third-order valence-corrected chi connectivity index (χ3v) is 3.70. The van der Waals surface area contributed by atoms with Gasteiger partial charge in [-0.25, -0.2) is 4.39 Å². The zero-order chi connectivity index (χ0) is 15.4. The van der Waals surface area contributed by atoms with Crippen molar-refractivity contribution in [1.29, 1.82) is 5.26 Å². The van der Waals surface area contributed by atoms with Crippen LogP contribution in [0.1, 0.15) is 36.1 Å². The van der Waals surface area contributed by atoms with Gasteiger partial charge in [0, 0.05) is 16.3 Å². The zero-order valence-corrected chi connectivity index (χ0v) is 12.7. The van der Waals surface area contributed by atoms with Gasteiger partial charge >= 0.3 is 0 Å². The normalized spacial score (nSPS) is 11.8. The third kappa shape index (κ3) is 3.53. The number of rotatable bonds is 4. The fraction of sp³-hybridized carbons (Fsp3) is 0.235. The molecule has 0 aliphatic carbocycles. The summed E-state index contributed by atoms with van der Waals surface area (Å²) >= 11 is 6.02. The highest BCUT2D eigenvalue weighted by Gasteiger charge is 2.13. The highest BCUT2D eigenvalue weighted by molar-refractivity contribution is 6.30. The Morgan fingerprint density at radius 2 is 2.10 bits per heavy atom. The van der Waals surface area contributed by atoms with E-state index in [0.29, 0.717) is 21.8 Å². The maximum absolute atomic E-state index is 13.8. The number of halogens is 2. The van der Waals surface area contributed by atoms with Gasteiger partial charge in [0.05, 0.1) is 17.7 Å². The molecule has 1 unspecified atom stereocenters. The van der Waals surface area contributed by atoms with Crippen LogP contribution in [0.15, 0.2) is 36.4 Å². The first kappa shape index (κ1) is 15.3. The van der Waals surface area contributed by atoms with Crippen molar-refractivity contribution in [3.63, 3.8) is 0 Å². The number of nitrogens with one attached hydrogen (secondary N) is 1. The molecule has 4 heteroatoms. The second kappa shape index (κ2) is 6.60. The molecule has 0 aliphatic heterocycles. The zero-order valence-electron chi connectivity index (χ0n) is 12.0. The second-order valence-electron chi connectivity index (χ2n) is 4.90. The lowest BCUT2D eigenvalue weighted by Crippen LogP contribution is -2.11. The van der Waals surface area contributed by atoms with E-state index in [0.717, 1.165) is 12.0 Å². The summed E-state index contributed by atoms with van der Waals surface area (Å²) in [6.07, 6.45) is 0.818. The lowest BCUT2D eigenvalue weighted by atomic mass is 10.0. The maximum atomic E-state index is 13.8. The van der Waals surface area contributed by atoms with Gasteiger partial charge < -0.3 is 5.32 Å². The van der Waals surface area contributed by atoms with Gasteiger partial charge in [-0.1, -0.05) is 30.7 Å². The van der Waals surface area contributed by atoms with Gasteiger partial charge in [0.2, 0.25) is 0 Å². The fourth-order valence-corrected chi connectivity index (χ4v) is 2.42. The van der Waals surface area contributed by atoms with Crippen LogP contribution in [0, 0.1) is 24.1 Å². The predicted molar refractivity (Wildman–Crippen MR) is 84.0 cm³/mol. The average molecular weight is 303 g/mol. The molecule has 0 bridgehead atoms. The standard InChI is InChI=1S/C17H16ClFN2/c1-3-16(13-5-4-6-14(18)9-13)21-17-8-12(10-20)7-15(19)11(17)2/h4-9,16,21H,3H2,1-2H3. The second-order valence-corrected chi connectivity index (χ2v) is 5.34. The maximum Gasteiger partial charge on any atom is 0.129 e. The van der Waals surface area contributed by atoms with Crippen LogP contribution < -0.4 is 5.32 Å². The summed E-state index contributed by atoms with van der Waals surface area (Å²) in [5.41, 5.74) is 2.49. The van der Waals surface area contributed by atoms with Crippen LogP contribution in [-0.4, -0.2) is 0 Å². The summed E-state index contributed by atoms with van der Waals surface area (Å²) in [5.74, 6) is -0.377. The number of hydrogen-bond donors (Lipinski definition) is 1. The molecular weight excluding hydrogens is 287 g/mol. The van der Waals surface area contributed by atoms with Crippen molar-refractivity contribution < 1.29 is 4.39 Å². The minimum atomic E-state index is -0.377. The summed E-state index contributed by atoms with van der Waals surface area (Å²) in [4.78, 5) is 0. The molecule has 0 saturated heterocycles. The molecule has 2 aromatic rings. The first-order valence-corrected chi connectivity index (χ1v) is 7.15. The Morgan fingerprint density at radius 3 is 2.71 bits per heavy atom. The molecule has 21 heavy (non-hydrogen) atoms. The Bertz CT molecular complexity index is 692. The Morgan fingerprint density at radius 1 is 1.33 bits per heavy atom. The summed E-state index contributed by atoms with van der Waals surface area (Å²) in [6, 6.07) is 12.5. The summed E-state index contributed by atoms with van der Waals surface area (Å²) < 4.78 is 13.8. The van der Waals surface area contributed by atoms with E-state index in [1.54, 1.807) is 13.0 Å². The van der Waals surface area contributed by atoms with Gasteiger partial charge in [-0.05, 0) is 43.2 Å². The fourth-order valence-electron chi connectivity index (χ4n) is 2.23. The van der Waals surface area contributed by atoms with E-state index < -0.39 is 0 Å². The van der Waals surface area contributed by atoms with Crippen LogP contribution >= 0.6 is 11.6 Å². The van der Waals surface area contributed by atoms with Gasteiger partial charge in [-0.3, -0.25) is 0 Å². The van der Waals surface area contributed by atoms with Crippen LogP contribution in [0.2, 0.25) is 5.02 Å². The van der Waals surface area contributed by atoms with Crippen molar-refractivity contribution in [2.45, 2.75) is 26.3 Å². The Kier molecular flexibility index (Phi) is 4.82. The van der Waals surface area contributed by atoms with Gasteiger partial charge in [0.25, 0.3) is 0 Å². The molecule has 0 heterocycles. The monoisotopic (exact) mass is 302 g/mol. The molecular formula is C17H16ClFN2. The van der Waals surface area contributed by atoms with Gasteiger partial charge in [0.1, 0.15) is 5.82 Å². The first-order valence-electron chi connectivity index (χ1n) is 6.77. The topological polar surface area (TPSA) is 35.8 Å². The molecule has 2 aromatic carbocycles. The smallest absolute Gasteiger partial charge is 0.129 e. The van der Waals surface area contributed by atoms with Crippen LogP contribution in [0.4, 0.5) is 10.1 Å². The summed E-state index contributed by atoms with van der Waals surface area (Å²) in [7, 11) is 0. The van der Waals surface area contributed by atoms with Crippen LogP contribution in [0.25, 0.3) is 0 Å². The number of nitrogens with zero attached hydrogens (tertiary/aromatic N) is 1. The van der Waals surface area contributed by atoms with E-state index in [-0.39, 0.29) is 11.9 Å². The van der Waals surface area contributed by atoms with Gasteiger partial charge in [-0.2, -0.15) is 5.26 Å². The van der Waals surface area contributed by atoms with E-state index in [9.17, 15) is 4.39 Å². The van der Waals surface area contributed by atoms with Crippen LogP contribution in [0.5, 0.6) is 0 Å². The van der Waals surface area contributed by atoms with Crippen molar-refractivity contribution in [1.82, 2.24) is 0 Å². The SMILES string of the molecule is CCC(Nc1cc(C#N)cc(F)c1C)c1cccc(Cl)c1. The van der Waals surface area contributed by atoms with Crippen molar-refractivity contribution in [2.24, 2.45) is 0 Å². The largest absolute Gasteiger partial charge is 0.378 e. The van der Waals surface area contributed by atoms with E-state index in [4.69, 9.17) is 16.9 Å². The Balaban J connectivity index is 2.35. The highest BCUT2D eigenvalue weighted by atomic mass is 35.5. The van der Waals surface area contributed by atoms with Crippen molar-refractivity contribution >= 4 is 17.3 Å². The molecule has 0 aliphatic rings. The van der Waals surface area contributed by atoms with E-state index in [1.807, 2.05) is 37.3 Å². The minimum absolute atomic E-state index is 0.00995. The molecule has 0 radical (unpaired) electrons. The Hall–Kier alpha value is -2.05. The number of benzene rings is 2. The van der Waals surface area contributed by atoms with Gasteiger partial charge in [0.15, 0.2) is 0 Å². The molecule has 1 N–H and O–H groups in total. The van der Waals surface area contributed by atoms with Crippen LogP contribution in [0.3, 0.4) is 0 Å². The molecule has 0 fully saturated rings. The van der Waals surface area contributed by atoms with Crippen LogP contribution in [-0.2, 0) is 0 Å². The van der Waals surface area contributed by atoms with E-state index >= 15 is 0 Å². The summed E-state index contributed by atoms with van der Waals surface area (Å²) in [5, 5.41) is 12.9. The quantitative estimate of drug-likeness (QED) is 0.840. The van der Waals surface area contributed by atoms with Gasteiger partial charge in [-0.15, -0.1) is 0 Å². The highest BCUT2D eigenvalue weighted by Crippen LogP contribution is 2.28. The molecule has 2 nitrogen and oxygen atoms in total.